The summed E-state index contributed by atoms with van der Waals surface area (Å²) in [5.74, 6) is -0.352. The second kappa shape index (κ2) is 4.96. The van der Waals surface area contributed by atoms with Crippen LogP contribution in [0.2, 0.25) is 0 Å². The summed E-state index contributed by atoms with van der Waals surface area (Å²) in [4.78, 5) is 11.3. The first-order chi connectivity index (χ1) is 6.69. The van der Waals surface area contributed by atoms with E-state index in [1.807, 2.05) is 28.7 Å². The maximum Gasteiger partial charge on any atom is 0.338 e. The summed E-state index contributed by atoms with van der Waals surface area (Å²) in [5.41, 5.74) is 1.05. The fraction of sp³-hybridized carbons (Fsp3) is 0.200. The first-order valence-electron chi connectivity index (χ1n) is 4.05. The third-order valence-electron chi connectivity index (χ3n) is 1.60. The molecule has 0 saturated carbocycles. The first kappa shape index (κ1) is 11.0. The van der Waals surface area contributed by atoms with Gasteiger partial charge in [0.05, 0.1) is 17.7 Å². The molecule has 1 aromatic carbocycles. The number of hydrogen-bond acceptors (Lipinski definition) is 3. The summed E-state index contributed by atoms with van der Waals surface area (Å²) in [6, 6.07) is 6.90. The second-order valence-electron chi connectivity index (χ2n) is 2.53. The van der Waals surface area contributed by atoms with Crippen LogP contribution in [0.1, 0.15) is 22.8 Å². The number of ether oxygens (including phenoxy) is 1. The lowest BCUT2D eigenvalue weighted by atomic mass is 10.1. The van der Waals surface area contributed by atoms with E-state index in [1.165, 1.54) is 0 Å². The van der Waals surface area contributed by atoms with Crippen molar-refractivity contribution in [3.8, 4) is 6.07 Å². The average Bonchev–Trinajstić information content (AvgIpc) is 2.18. The highest BCUT2D eigenvalue weighted by Gasteiger charge is 2.08. The number of carbonyl (C=O) groups is 1. The molecule has 0 atom stereocenters. The standard InChI is InChI=1S/C10H8INO2/c1-2-14-10(13)7-3-4-8(6-12)9(11)5-7/h3-5H,2H2,1H3. The summed E-state index contributed by atoms with van der Waals surface area (Å²) >= 11 is 2.02. The molecule has 1 aromatic rings. The van der Waals surface area contributed by atoms with Crippen LogP contribution in [0.4, 0.5) is 0 Å². The van der Waals surface area contributed by atoms with Crippen molar-refractivity contribution in [1.82, 2.24) is 0 Å². The molecule has 1 rings (SSSR count). The van der Waals surface area contributed by atoms with Crippen molar-refractivity contribution in [2.24, 2.45) is 0 Å². The lowest BCUT2D eigenvalue weighted by Crippen LogP contribution is -2.05. The molecule has 0 amide bonds. The zero-order valence-electron chi connectivity index (χ0n) is 7.58. The molecule has 14 heavy (non-hydrogen) atoms. The summed E-state index contributed by atoms with van der Waals surface area (Å²) in [7, 11) is 0. The Hall–Kier alpha value is -1.09. The van der Waals surface area contributed by atoms with Gasteiger partial charge in [-0.25, -0.2) is 4.79 Å². The summed E-state index contributed by atoms with van der Waals surface area (Å²) < 4.78 is 5.59. The van der Waals surface area contributed by atoms with Crippen LogP contribution in [0.25, 0.3) is 0 Å². The predicted octanol–water partition coefficient (Wildman–Crippen LogP) is 2.34. The Morgan fingerprint density at radius 3 is 2.86 bits per heavy atom. The molecule has 0 spiro atoms. The lowest BCUT2D eigenvalue weighted by Gasteiger charge is -2.02. The van der Waals surface area contributed by atoms with Gasteiger partial charge in [-0.2, -0.15) is 5.26 Å². The van der Waals surface area contributed by atoms with Gasteiger partial charge in [0, 0.05) is 3.57 Å². The minimum absolute atomic E-state index is 0.352. The van der Waals surface area contributed by atoms with E-state index < -0.39 is 0 Å². The van der Waals surface area contributed by atoms with Crippen LogP contribution in [0, 0.1) is 14.9 Å². The third kappa shape index (κ3) is 2.45. The zero-order chi connectivity index (χ0) is 10.6. The molecule has 0 aliphatic heterocycles. The highest BCUT2D eigenvalue weighted by atomic mass is 127. The second-order valence-corrected chi connectivity index (χ2v) is 3.69. The van der Waals surface area contributed by atoms with E-state index >= 15 is 0 Å². The Balaban J connectivity index is 2.98. The molecule has 0 fully saturated rings. The Morgan fingerprint density at radius 1 is 1.64 bits per heavy atom. The monoisotopic (exact) mass is 301 g/mol. The molecule has 0 aromatic heterocycles. The first-order valence-corrected chi connectivity index (χ1v) is 5.13. The minimum Gasteiger partial charge on any atom is -0.462 e. The molecule has 72 valence electrons. The van der Waals surface area contributed by atoms with E-state index in [4.69, 9.17) is 10.00 Å². The summed E-state index contributed by atoms with van der Waals surface area (Å²) in [6.45, 7) is 2.11. The van der Waals surface area contributed by atoms with Gasteiger partial charge >= 0.3 is 5.97 Å². The van der Waals surface area contributed by atoms with Crippen LogP contribution < -0.4 is 0 Å². The molecule has 0 unspecified atom stereocenters. The molecule has 4 heteroatoms. The molecule has 0 saturated heterocycles. The Labute approximate surface area is 95.8 Å². The van der Waals surface area contributed by atoms with Crippen molar-refractivity contribution < 1.29 is 9.53 Å². The van der Waals surface area contributed by atoms with Crippen molar-refractivity contribution in [2.75, 3.05) is 6.61 Å². The Morgan fingerprint density at radius 2 is 2.36 bits per heavy atom. The van der Waals surface area contributed by atoms with Crippen molar-refractivity contribution >= 4 is 28.6 Å². The van der Waals surface area contributed by atoms with Crippen molar-refractivity contribution in [3.63, 3.8) is 0 Å². The van der Waals surface area contributed by atoms with Gasteiger partial charge < -0.3 is 4.74 Å². The molecule has 0 N–H and O–H groups in total. The van der Waals surface area contributed by atoms with E-state index in [2.05, 4.69) is 0 Å². The number of halogens is 1. The van der Waals surface area contributed by atoms with Gasteiger partial charge in [-0.15, -0.1) is 0 Å². The maximum absolute atomic E-state index is 11.3. The summed E-state index contributed by atoms with van der Waals surface area (Å²) in [6.07, 6.45) is 0. The number of rotatable bonds is 2. The molecule has 0 bridgehead atoms. The molecular formula is C10H8INO2. The van der Waals surface area contributed by atoms with Gasteiger partial charge in [0.2, 0.25) is 0 Å². The van der Waals surface area contributed by atoms with Crippen LogP contribution in [0.5, 0.6) is 0 Å². The van der Waals surface area contributed by atoms with Crippen LogP contribution in [0.15, 0.2) is 18.2 Å². The number of benzene rings is 1. The minimum atomic E-state index is -0.352. The Kier molecular flexibility index (Phi) is 3.89. The van der Waals surface area contributed by atoms with Crippen LogP contribution in [-0.2, 0) is 4.74 Å². The number of esters is 1. The van der Waals surface area contributed by atoms with E-state index in [-0.39, 0.29) is 5.97 Å². The van der Waals surface area contributed by atoms with Crippen LogP contribution >= 0.6 is 22.6 Å². The number of carbonyl (C=O) groups excluding carboxylic acids is 1. The third-order valence-corrected chi connectivity index (χ3v) is 2.49. The fourth-order valence-corrected chi connectivity index (χ4v) is 1.58. The normalized spacial score (nSPS) is 9.21. The van der Waals surface area contributed by atoms with Crippen molar-refractivity contribution in [1.29, 1.82) is 5.26 Å². The van der Waals surface area contributed by atoms with E-state index in [9.17, 15) is 4.79 Å². The molecule has 0 radical (unpaired) electrons. The molecule has 0 heterocycles. The SMILES string of the molecule is CCOC(=O)c1ccc(C#N)c(I)c1. The molecule has 3 nitrogen and oxygen atoms in total. The van der Waals surface area contributed by atoms with Crippen molar-refractivity contribution in [2.45, 2.75) is 6.92 Å². The average molecular weight is 301 g/mol. The van der Waals surface area contributed by atoms with Gasteiger partial charge in [0.15, 0.2) is 0 Å². The predicted molar refractivity (Wildman–Crippen MR) is 59.8 cm³/mol. The maximum atomic E-state index is 11.3. The van der Waals surface area contributed by atoms with Gasteiger partial charge in [-0.3, -0.25) is 0 Å². The number of nitrogens with zero attached hydrogens (tertiary/aromatic N) is 1. The quantitative estimate of drug-likeness (QED) is 0.622. The van der Waals surface area contributed by atoms with E-state index in [1.54, 1.807) is 25.1 Å². The number of hydrogen-bond donors (Lipinski definition) is 0. The van der Waals surface area contributed by atoms with E-state index in [0.29, 0.717) is 17.7 Å². The number of nitriles is 1. The zero-order valence-corrected chi connectivity index (χ0v) is 9.74. The van der Waals surface area contributed by atoms with Crippen LogP contribution in [0.3, 0.4) is 0 Å². The van der Waals surface area contributed by atoms with Gasteiger partial charge in [0.1, 0.15) is 6.07 Å². The molecule has 0 aliphatic rings. The van der Waals surface area contributed by atoms with Gasteiger partial charge in [-0.1, -0.05) is 0 Å². The smallest absolute Gasteiger partial charge is 0.338 e. The molecule has 0 aliphatic carbocycles. The lowest BCUT2D eigenvalue weighted by molar-refractivity contribution is 0.0526. The highest BCUT2D eigenvalue weighted by molar-refractivity contribution is 14.1. The topological polar surface area (TPSA) is 50.1 Å². The van der Waals surface area contributed by atoms with E-state index in [0.717, 1.165) is 3.57 Å². The highest BCUT2D eigenvalue weighted by Crippen LogP contribution is 2.14. The van der Waals surface area contributed by atoms with Crippen molar-refractivity contribution in [3.05, 3.63) is 32.9 Å². The van der Waals surface area contributed by atoms with Gasteiger partial charge in [0.25, 0.3) is 0 Å². The fourth-order valence-electron chi connectivity index (χ4n) is 0.947. The largest absolute Gasteiger partial charge is 0.462 e. The summed E-state index contributed by atoms with van der Waals surface area (Å²) in [5, 5.41) is 8.68. The Bertz CT molecular complexity index is 396. The van der Waals surface area contributed by atoms with Crippen LogP contribution in [-0.4, -0.2) is 12.6 Å². The molecular weight excluding hydrogens is 293 g/mol. The van der Waals surface area contributed by atoms with Gasteiger partial charge in [-0.05, 0) is 47.7 Å².